The first-order valence-corrected chi connectivity index (χ1v) is 9.55. The van der Waals surface area contributed by atoms with Crippen molar-refractivity contribution >= 4 is 21.4 Å². The highest BCUT2D eigenvalue weighted by atomic mass is 32.2. The van der Waals surface area contributed by atoms with Crippen LogP contribution in [0.5, 0.6) is 5.75 Å². The number of benzene rings is 2. The molecule has 2 aromatic carbocycles. The molecule has 134 valence electrons. The van der Waals surface area contributed by atoms with Crippen molar-refractivity contribution in [2.75, 3.05) is 12.4 Å². The van der Waals surface area contributed by atoms with Crippen molar-refractivity contribution < 1.29 is 17.9 Å². The normalized spacial score (nSPS) is 11.8. The van der Waals surface area contributed by atoms with Crippen molar-refractivity contribution in [1.82, 2.24) is 0 Å². The molecule has 1 amide bonds. The van der Waals surface area contributed by atoms with Crippen molar-refractivity contribution in [3.05, 3.63) is 59.7 Å². The third kappa shape index (κ3) is 4.60. The van der Waals surface area contributed by atoms with Crippen molar-refractivity contribution in [3.8, 4) is 5.75 Å². The largest absolute Gasteiger partial charge is 0.496 e. The number of methoxy groups -OCH3 is 1. The van der Waals surface area contributed by atoms with Gasteiger partial charge in [-0.2, -0.15) is 0 Å². The van der Waals surface area contributed by atoms with E-state index in [-0.39, 0.29) is 11.7 Å². The van der Waals surface area contributed by atoms with E-state index in [1.54, 1.807) is 69.3 Å². The predicted molar refractivity (Wildman–Crippen MR) is 99.8 cm³/mol. The summed E-state index contributed by atoms with van der Waals surface area (Å²) in [7, 11) is -1.79. The summed E-state index contributed by atoms with van der Waals surface area (Å²) in [6.45, 7) is 5.03. The highest BCUT2D eigenvalue weighted by molar-refractivity contribution is 7.91. The average molecular weight is 361 g/mol. The number of amides is 1. The number of hydrogen-bond acceptors (Lipinski definition) is 4. The fourth-order valence-corrected chi connectivity index (χ4v) is 3.26. The minimum atomic E-state index is -3.29. The van der Waals surface area contributed by atoms with Crippen LogP contribution in [0.1, 0.15) is 36.7 Å². The first-order chi connectivity index (χ1) is 11.6. The zero-order valence-electron chi connectivity index (χ0n) is 14.9. The van der Waals surface area contributed by atoms with Gasteiger partial charge in [-0.05, 0) is 50.6 Å². The van der Waals surface area contributed by atoms with Crippen molar-refractivity contribution in [3.63, 3.8) is 0 Å². The first-order valence-electron chi connectivity index (χ1n) is 7.89. The molecule has 0 heterocycles. The van der Waals surface area contributed by atoms with E-state index < -0.39 is 14.6 Å². The molecule has 0 unspecified atom stereocenters. The molecule has 5 nitrogen and oxygen atoms in total. The van der Waals surface area contributed by atoms with Gasteiger partial charge >= 0.3 is 0 Å². The molecule has 0 saturated carbocycles. The summed E-state index contributed by atoms with van der Waals surface area (Å²) in [6, 6.07) is 13.8. The van der Waals surface area contributed by atoms with Crippen molar-refractivity contribution in [1.29, 1.82) is 0 Å². The monoisotopic (exact) mass is 361 g/mol. The molecule has 0 atom stereocenters. The maximum absolute atomic E-state index is 12.4. The maximum Gasteiger partial charge on any atom is 0.259 e. The highest BCUT2D eigenvalue weighted by Crippen LogP contribution is 2.23. The summed E-state index contributed by atoms with van der Waals surface area (Å²) in [4.78, 5) is 12.4. The second-order valence-corrected chi connectivity index (χ2v) is 9.47. The Morgan fingerprint density at radius 1 is 1.08 bits per heavy atom. The van der Waals surface area contributed by atoms with Crippen LogP contribution in [0.4, 0.5) is 5.69 Å². The SMILES string of the molecule is COc1ccccc1C(=O)Nc1cccc(CS(=O)(=O)C(C)(C)C)c1. The van der Waals surface area contributed by atoms with Crippen LogP contribution < -0.4 is 10.1 Å². The molecular formula is C19H23NO4S. The zero-order chi connectivity index (χ0) is 18.7. The van der Waals surface area contributed by atoms with E-state index in [1.165, 1.54) is 7.11 Å². The van der Waals surface area contributed by atoms with Gasteiger partial charge in [0.05, 0.1) is 23.2 Å². The quantitative estimate of drug-likeness (QED) is 0.882. The van der Waals surface area contributed by atoms with Gasteiger partial charge < -0.3 is 10.1 Å². The lowest BCUT2D eigenvalue weighted by atomic mass is 10.1. The summed E-state index contributed by atoms with van der Waals surface area (Å²) in [5, 5.41) is 2.78. The molecule has 0 spiro atoms. The molecule has 0 bridgehead atoms. The van der Waals surface area contributed by atoms with Crippen LogP contribution in [0.3, 0.4) is 0 Å². The number of sulfone groups is 1. The summed E-state index contributed by atoms with van der Waals surface area (Å²) in [5.74, 6) is 0.0919. The van der Waals surface area contributed by atoms with Gasteiger partial charge in [-0.15, -0.1) is 0 Å². The van der Waals surface area contributed by atoms with Gasteiger partial charge in [0, 0.05) is 5.69 Å². The van der Waals surface area contributed by atoms with Crippen LogP contribution in [-0.4, -0.2) is 26.2 Å². The second kappa shape index (κ2) is 7.27. The predicted octanol–water partition coefficient (Wildman–Crippen LogP) is 3.66. The molecule has 0 fully saturated rings. The Hall–Kier alpha value is -2.34. The van der Waals surface area contributed by atoms with Crippen LogP contribution >= 0.6 is 0 Å². The van der Waals surface area contributed by atoms with Crippen LogP contribution in [0, 0.1) is 0 Å². The fourth-order valence-electron chi connectivity index (χ4n) is 2.21. The Balaban J connectivity index is 2.21. The lowest BCUT2D eigenvalue weighted by Crippen LogP contribution is -2.29. The molecule has 0 saturated heterocycles. The van der Waals surface area contributed by atoms with Gasteiger partial charge in [-0.1, -0.05) is 24.3 Å². The summed E-state index contributed by atoms with van der Waals surface area (Å²) >= 11 is 0. The molecule has 2 rings (SSSR count). The summed E-state index contributed by atoms with van der Waals surface area (Å²) in [5.41, 5.74) is 1.59. The molecule has 6 heteroatoms. The van der Waals surface area contributed by atoms with Gasteiger partial charge in [-0.25, -0.2) is 8.42 Å². The lowest BCUT2D eigenvalue weighted by Gasteiger charge is -2.19. The molecule has 0 radical (unpaired) electrons. The number of rotatable bonds is 5. The van der Waals surface area contributed by atoms with E-state index in [2.05, 4.69) is 5.32 Å². The van der Waals surface area contributed by atoms with E-state index in [0.717, 1.165) is 0 Å². The average Bonchev–Trinajstić information content (AvgIpc) is 2.53. The van der Waals surface area contributed by atoms with Crippen LogP contribution in [0.2, 0.25) is 0 Å². The third-order valence-electron chi connectivity index (χ3n) is 3.83. The van der Waals surface area contributed by atoms with E-state index in [4.69, 9.17) is 4.74 Å². The second-order valence-electron chi connectivity index (χ2n) is 6.73. The Morgan fingerprint density at radius 3 is 2.40 bits per heavy atom. The molecule has 0 aromatic heterocycles. The highest BCUT2D eigenvalue weighted by Gasteiger charge is 2.29. The number of hydrogen-bond donors (Lipinski definition) is 1. The van der Waals surface area contributed by atoms with Gasteiger partial charge in [0.15, 0.2) is 9.84 Å². The van der Waals surface area contributed by atoms with Gasteiger partial charge in [0.1, 0.15) is 5.75 Å². The molecule has 0 aliphatic heterocycles. The minimum absolute atomic E-state index is 0.0745. The first kappa shape index (κ1) is 19.0. The molecule has 0 aliphatic carbocycles. The standard InChI is InChI=1S/C19H23NO4S/c1-19(2,3)25(22,23)13-14-8-7-9-15(12-14)20-18(21)16-10-5-6-11-17(16)24-4/h5-12H,13H2,1-4H3,(H,20,21). The fraction of sp³-hybridized carbons (Fsp3) is 0.316. The van der Waals surface area contributed by atoms with Gasteiger partial charge in [0.2, 0.25) is 0 Å². The zero-order valence-corrected chi connectivity index (χ0v) is 15.7. The number of carbonyl (C=O) groups excluding carboxylic acids is 1. The van der Waals surface area contributed by atoms with Crippen LogP contribution in [0.25, 0.3) is 0 Å². The number of nitrogens with one attached hydrogen (secondary N) is 1. The van der Waals surface area contributed by atoms with Crippen molar-refractivity contribution in [2.24, 2.45) is 0 Å². The Morgan fingerprint density at radius 2 is 1.76 bits per heavy atom. The molecule has 25 heavy (non-hydrogen) atoms. The number of carbonyl (C=O) groups is 1. The van der Waals surface area contributed by atoms with Crippen LogP contribution in [0.15, 0.2) is 48.5 Å². The number of anilines is 1. The summed E-state index contributed by atoms with van der Waals surface area (Å²) in [6.07, 6.45) is 0. The van der Waals surface area contributed by atoms with Gasteiger partial charge in [-0.3, -0.25) is 4.79 Å². The van der Waals surface area contributed by atoms with E-state index in [9.17, 15) is 13.2 Å². The van der Waals surface area contributed by atoms with Gasteiger partial charge in [0.25, 0.3) is 5.91 Å². The topological polar surface area (TPSA) is 72.5 Å². The number of para-hydroxylation sites is 1. The molecule has 0 aliphatic rings. The molecule has 2 aromatic rings. The molecular weight excluding hydrogens is 338 g/mol. The Labute approximate surface area is 148 Å². The van der Waals surface area contributed by atoms with E-state index >= 15 is 0 Å². The Kier molecular flexibility index (Phi) is 5.52. The van der Waals surface area contributed by atoms with E-state index in [1.807, 2.05) is 0 Å². The number of ether oxygens (including phenoxy) is 1. The molecule has 1 N–H and O–H groups in total. The third-order valence-corrected chi connectivity index (χ3v) is 6.41. The van der Waals surface area contributed by atoms with Crippen LogP contribution in [-0.2, 0) is 15.6 Å². The summed E-state index contributed by atoms with van der Waals surface area (Å²) < 4.78 is 29.1. The smallest absolute Gasteiger partial charge is 0.259 e. The van der Waals surface area contributed by atoms with Crippen molar-refractivity contribution in [2.45, 2.75) is 31.3 Å². The lowest BCUT2D eigenvalue weighted by molar-refractivity contribution is 0.102. The van der Waals surface area contributed by atoms with E-state index in [0.29, 0.717) is 22.6 Å². The maximum atomic E-state index is 12.4. The Bertz CT molecular complexity index is 867. The minimum Gasteiger partial charge on any atom is -0.496 e.